The Balaban J connectivity index is 1.84. The van der Waals surface area contributed by atoms with Gasteiger partial charge in [0.05, 0.1) is 0 Å². The molecular weight excluding hydrogens is 419 g/mol. The Kier molecular flexibility index (Phi) is 8.79. The summed E-state index contributed by atoms with van der Waals surface area (Å²) >= 11 is 0. The van der Waals surface area contributed by atoms with Crippen LogP contribution in [0.25, 0.3) is 0 Å². The van der Waals surface area contributed by atoms with Crippen molar-refractivity contribution < 1.29 is 4.79 Å². The van der Waals surface area contributed by atoms with E-state index in [1.807, 2.05) is 0 Å². The molecule has 0 atom stereocenters. The van der Waals surface area contributed by atoms with Gasteiger partial charge in [-0.1, -0.05) is 142 Å². The van der Waals surface area contributed by atoms with Crippen LogP contribution in [0.4, 0.5) is 0 Å². The maximum absolute atomic E-state index is 14.1. The van der Waals surface area contributed by atoms with Crippen molar-refractivity contribution in [2.24, 2.45) is 5.92 Å². The summed E-state index contributed by atoms with van der Waals surface area (Å²) in [6.07, 6.45) is 12.3. The van der Waals surface area contributed by atoms with Gasteiger partial charge in [-0.2, -0.15) is 0 Å². The quantitative estimate of drug-likeness (QED) is 0.382. The maximum Gasteiger partial charge on any atom is 0.159 e. The van der Waals surface area contributed by atoms with Gasteiger partial charge in [0, 0.05) is 5.92 Å². The van der Waals surface area contributed by atoms with Gasteiger partial charge in [0.2, 0.25) is 0 Å². The van der Waals surface area contributed by atoms with Crippen LogP contribution in [0.1, 0.15) is 64.2 Å². The third-order valence-corrected chi connectivity index (χ3v) is 11.0. The van der Waals surface area contributed by atoms with Crippen molar-refractivity contribution in [3.8, 4) is 0 Å². The topological polar surface area (TPSA) is 17.1 Å². The third-order valence-electron chi connectivity index (χ3n) is 7.07. The molecule has 0 bridgehead atoms. The summed E-state index contributed by atoms with van der Waals surface area (Å²) in [5, 5.41) is 3.77. The second kappa shape index (κ2) is 12.2. The molecule has 0 heterocycles. The van der Waals surface area contributed by atoms with Gasteiger partial charge < -0.3 is 0 Å². The first-order valence-electron chi connectivity index (χ1n) is 12.8. The van der Waals surface area contributed by atoms with E-state index in [0.29, 0.717) is 5.78 Å². The minimum absolute atomic E-state index is 0.151. The van der Waals surface area contributed by atoms with E-state index >= 15 is 0 Å². The van der Waals surface area contributed by atoms with Gasteiger partial charge in [-0.25, -0.2) is 0 Å². The zero-order chi connectivity index (χ0) is 22.8. The van der Waals surface area contributed by atoms with E-state index in [1.165, 1.54) is 67.3 Å². The molecule has 0 aromatic heterocycles. The van der Waals surface area contributed by atoms with Crippen LogP contribution in [0, 0.1) is 5.92 Å². The second-order valence-electron chi connectivity index (χ2n) is 9.36. The van der Waals surface area contributed by atoms with Crippen molar-refractivity contribution in [1.29, 1.82) is 0 Å². The zero-order valence-electron chi connectivity index (χ0n) is 19.7. The lowest BCUT2D eigenvalue weighted by Gasteiger charge is -2.29. The number of hydrogen-bond donors (Lipinski definition) is 0. The molecule has 0 radical (unpaired) electrons. The predicted molar refractivity (Wildman–Crippen MR) is 146 cm³/mol. The molecule has 1 aliphatic rings. The highest BCUT2D eigenvalue weighted by Crippen LogP contribution is 2.44. The lowest BCUT2D eigenvalue weighted by Crippen LogP contribution is -2.30. The first kappa shape index (κ1) is 23.8. The molecule has 1 saturated carbocycles. The predicted octanol–water partition coefficient (Wildman–Crippen LogP) is 6.88. The molecule has 3 aromatic rings. The van der Waals surface area contributed by atoms with Crippen molar-refractivity contribution in [2.75, 3.05) is 0 Å². The monoisotopic (exact) mass is 456 g/mol. The zero-order valence-corrected chi connectivity index (χ0v) is 20.6. The summed E-state index contributed by atoms with van der Waals surface area (Å²) in [5.41, 5.74) is 0. The van der Waals surface area contributed by atoms with Gasteiger partial charge in [0.25, 0.3) is 0 Å². The minimum atomic E-state index is -2.20. The van der Waals surface area contributed by atoms with Crippen LogP contribution >= 0.6 is 6.89 Å². The standard InChI is InChI=1S/C31H37OP/c32-31(27-18-10-5-3-1-2-4-6-11-19-27)26-33(28-20-12-7-13-21-28,29-22-14-8-15-23-29)30-24-16-9-17-25-30/h7-9,12-17,20-27H,1-6,10-11,18-19H2. The molecule has 2 heteroatoms. The molecule has 4 rings (SSSR count). The second-order valence-corrected chi connectivity index (χ2v) is 12.6. The average molecular weight is 457 g/mol. The molecule has 0 amide bonds. The summed E-state index contributed by atoms with van der Waals surface area (Å²) in [6, 6.07) is 32.2. The van der Waals surface area contributed by atoms with E-state index in [-0.39, 0.29) is 5.92 Å². The van der Waals surface area contributed by atoms with E-state index in [0.717, 1.165) is 12.8 Å². The van der Waals surface area contributed by atoms with Gasteiger partial charge in [-0.15, -0.1) is 0 Å². The number of benzene rings is 3. The number of carbonyl (C=O) groups excluding carboxylic acids is 1. The molecule has 33 heavy (non-hydrogen) atoms. The molecule has 0 unspecified atom stereocenters. The maximum atomic E-state index is 14.1. The van der Waals surface area contributed by atoms with Crippen LogP contribution in [0.2, 0.25) is 0 Å². The summed E-state index contributed by atoms with van der Waals surface area (Å²) in [6.45, 7) is -2.20. The number of Topliss-reactive ketones (excluding diaryl/α,β-unsaturated/α-hetero) is 1. The fourth-order valence-electron chi connectivity index (χ4n) is 5.23. The largest absolute Gasteiger partial charge is 0.294 e. The van der Waals surface area contributed by atoms with Crippen LogP contribution in [-0.2, 0) is 4.79 Å². The van der Waals surface area contributed by atoms with Crippen molar-refractivity contribution in [3.05, 3.63) is 91.0 Å². The van der Waals surface area contributed by atoms with Crippen LogP contribution in [-0.4, -0.2) is 11.6 Å². The minimum Gasteiger partial charge on any atom is -0.294 e. The van der Waals surface area contributed by atoms with Crippen molar-refractivity contribution in [2.45, 2.75) is 64.2 Å². The Bertz CT molecular complexity index is 925. The number of carbonyl (C=O) groups is 1. The van der Waals surface area contributed by atoms with Crippen LogP contribution < -0.4 is 15.9 Å². The molecule has 1 aliphatic carbocycles. The fraction of sp³-hybridized carbons (Fsp3) is 0.355. The van der Waals surface area contributed by atoms with Crippen molar-refractivity contribution in [1.82, 2.24) is 0 Å². The summed E-state index contributed by atoms with van der Waals surface area (Å²) in [4.78, 5) is 14.1. The first-order chi connectivity index (χ1) is 16.3. The normalized spacial score (nSPS) is 16.5. The fourth-order valence-corrected chi connectivity index (χ4v) is 9.09. The molecule has 0 spiro atoms. The average Bonchev–Trinajstić information content (AvgIpc) is 2.95. The molecule has 172 valence electrons. The van der Waals surface area contributed by atoms with E-state index in [9.17, 15) is 4.79 Å². The third kappa shape index (κ3) is 5.96. The van der Waals surface area contributed by atoms with E-state index in [2.05, 4.69) is 96.8 Å². The Hall–Kier alpha value is -2.37. The molecule has 0 N–H and O–H groups in total. The van der Waals surface area contributed by atoms with Crippen LogP contribution in [0.5, 0.6) is 0 Å². The van der Waals surface area contributed by atoms with Crippen LogP contribution in [0.15, 0.2) is 91.0 Å². The summed E-state index contributed by atoms with van der Waals surface area (Å²) < 4.78 is 0. The van der Waals surface area contributed by atoms with Gasteiger partial charge >= 0.3 is 0 Å². The van der Waals surface area contributed by atoms with Crippen molar-refractivity contribution in [3.63, 3.8) is 0 Å². The molecular formula is C31H37OP. The van der Waals surface area contributed by atoms with Crippen molar-refractivity contribution >= 4 is 34.4 Å². The van der Waals surface area contributed by atoms with E-state index in [4.69, 9.17) is 0 Å². The Morgan fingerprint density at radius 2 is 0.879 bits per heavy atom. The summed E-state index contributed by atoms with van der Waals surface area (Å²) in [7, 11) is 0. The summed E-state index contributed by atoms with van der Waals surface area (Å²) in [5.74, 6) is 2.69. The first-order valence-corrected chi connectivity index (χ1v) is 14.6. The molecule has 1 nitrogen and oxygen atoms in total. The molecule has 0 aliphatic heterocycles. The SMILES string of the molecule is O=C(C=P(c1ccccc1)(c1ccccc1)c1ccccc1)C1CCCCCCCCCC1. The number of hydrogen-bond acceptors (Lipinski definition) is 1. The number of ketones is 1. The molecule has 3 aromatic carbocycles. The highest BCUT2D eigenvalue weighted by Gasteiger charge is 2.28. The lowest BCUT2D eigenvalue weighted by molar-refractivity contribution is -0.116. The Morgan fingerprint density at radius 1 is 0.545 bits per heavy atom. The van der Waals surface area contributed by atoms with Gasteiger partial charge in [-0.3, -0.25) is 4.79 Å². The van der Waals surface area contributed by atoms with E-state index in [1.54, 1.807) is 0 Å². The van der Waals surface area contributed by atoms with Gasteiger partial charge in [0.15, 0.2) is 5.78 Å². The Morgan fingerprint density at radius 3 is 1.24 bits per heavy atom. The molecule has 1 fully saturated rings. The van der Waals surface area contributed by atoms with Crippen LogP contribution in [0.3, 0.4) is 0 Å². The smallest absolute Gasteiger partial charge is 0.159 e. The van der Waals surface area contributed by atoms with Gasteiger partial charge in [0.1, 0.15) is 0 Å². The van der Waals surface area contributed by atoms with Gasteiger partial charge in [-0.05, 0) is 41.4 Å². The molecule has 0 saturated heterocycles. The Labute approximate surface area is 200 Å². The highest BCUT2D eigenvalue weighted by molar-refractivity contribution is 7.95. The van der Waals surface area contributed by atoms with E-state index < -0.39 is 6.89 Å². The lowest BCUT2D eigenvalue weighted by atomic mass is 9.92. The highest BCUT2D eigenvalue weighted by atomic mass is 31.2. The number of rotatable bonds is 5.